The van der Waals surface area contributed by atoms with Crippen LogP contribution in [0.4, 0.5) is 4.79 Å². The van der Waals surface area contributed by atoms with Gasteiger partial charge in [-0.3, -0.25) is 0 Å². The van der Waals surface area contributed by atoms with Crippen LogP contribution in [0.15, 0.2) is 54.6 Å². The topological polar surface area (TPSA) is 69.6 Å². The molecule has 0 bridgehead atoms. The quantitative estimate of drug-likeness (QED) is 0.842. The van der Waals surface area contributed by atoms with Crippen molar-refractivity contribution in [2.75, 3.05) is 0 Å². The maximum atomic E-state index is 12.6. The Bertz CT molecular complexity index is 779. The second kappa shape index (κ2) is 8.25. The number of rotatable bonds is 5. The molecule has 2 aromatic rings. The normalized spacial score (nSPS) is 20.3. The van der Waals surface area contributed by atoms with E-state index in [-0.39, 0.29) is 24.5 Å². The molecular formula is C22H26N2O3. The highest BCUT2D eigenvalue weighted by Gasteiger charge is 2.33. The molecule has 2 aromatic carbocycles. The number of carboxylic acid groups (broad SMARTS) is 1. The van der Waals surface area contributed by atoms with E-state index in [2.05, 4.69) is 5.32 Å². The van der Waals surface area contributed by atoms with E-state index in [1.54, 1.807) is 4.90 Å². The minimum atomic E-state index is -1.02. The van der Waals surface area contributed by atoms with Crippen molar-refractivity contribution in [2.45, 2.75) is 51.2 Å². The molecule has 0 aromatic heterocycles. The summed E-state index contributed by atoms with van der Waals surface area (Å²) < 4.78 is 0. The zero-order valence-corrected chi connectivity index (χ0v) is 15.8. The van der Waals surface area contributed by atoms with Crippen LogP contribution in [0.3, 0.4) is 0 Å². The molecule has 3 rings (SSSR count). The summed E-state index contributed by atoms with van der Waals surface area (Å²) in [6.07, 6.45) is 2.16. The average molecular weight is 366 g/mol. The van der Waals surface area contributed by atoms with E-state index < -0.39 is 12.0 Å². The Hall–Kier alpha value is -2.82. The van der Waals surface area contributed by atoms with Crippen LogP contribution in [0.5, 0.6) is 0 Å². The van der Waals surface area contributed by atoms with Crippen LogP contribution in [-0.4, -0.2) is 40.1 Å². The number of carbonyl (C=O) groups is 2. The van der Waals surface area contributed by atoms with Crippen molar-refractivity contribution in [3.63, 3.8) is 0 Å². The molecule has 3 atom stereocenters. The van der Waals surface area contributed by atoms with Crippen LogP contribution >= 0.6 is 0 Å². The van der Waals surface area contributed by atoms with Crippen LogP contribution in [0, 0.1) is 0 Å². The monoisotopic (exact) mass is 366 g/mol. The lowest BCUT2D eigenvalue weighted by Crippen LogP contribution is -2.51. The molecular weight excluding hydrogens is 340 g/mol. The van der Waals surface area contributed by atoms with Gasteiger partial charge in [-0.05, 0) is 43.4 Å². The van der Waals surface area contributed by atoms with Gasteiger partial charge in [-0.15, -0.1) is 0 Å². The van der Waals surface area contributed by atoms with Crippen LogP contribution in [-0.2, 0) is 11.2 Å². The Kier molecular flexibility index (Phi) is 5.79. The molecule has 1 heterocycles. The number of urea groups is 1. The third-order valence-electron chi connectivity index (χ3n) is 5.28. The third-order valence-corrected chi connectivity index (χ3v) is 5.28. The molecule has 5 heteroatoms. The van der Waals surface area contributed by atoms with E-state index in [9.17, 15) is 14.7 Å². The lowest BCUT2D eigenvalue weighted by molar-refractivity contribution is -0.139. The highest BCUT2D eigenvalue weighted by atomic mass is 16.4. The number of amides is 2. The maximum Gasteiger partial charge on any atom is 0.326 e. The number of aliphatic carboxylic acids is 1. The summed E-state index contributed by atoms with van der Waals surface area (Å²) in [5.74, 6) is -1.02. The largest absolute Gasteiger partial charge is 0.480 e. The van der Waals surface area contributed by atoms with Crippen molar-refractivity contribution >= 4 is 12.0 Å². The first-order valence-electron chi connectivity index (χ1n) is 9.41. The highest BCUT2D eigenvalue weighted by molar-refractivity contribution is 5.83. The van der Waals surface area contributed by atoms with Crippen LogP contribution in [0.1, 0.15) is 32.3 Å². The van der Waals surface area contributed by atoms with Crippen LogP contribution < -0.4 is 5.32 Å². The fourth-order valence-electron chi connectivity index (χ4n) is 3.72. The Balaban J connectivity index is 1.67. The van der Waals surface area contributed by atoms with Gasteiger partial charge in [0, 0.05) is 18.5 Å². The number of carbonyl (C=O) groups excluding carboxylic acids is 1. The smallest absolute Gasteiger partial charge is 0.326 e. The first-order chi connectivity index (χ1) is 13.0. The summed E-state index contributed by atoms with van der Waals surface area (Å²) >= 11 is 0. The van der Waals surface area contributed by atoms with Gasteiger partial charge in [0.15, 0.2) is 0 Å². The minimum absolute atomic E-state index is 0.139. The molecule has 1 aliphatic heterocycles. The molecule has 0 aliphatic carbocycles. The molecule has 1 saturated heterocycles. The Morgan fingerprint density at radius 2 is 1.56 bits per heavy atom. The first kappa shape index (κ1) is 19.0. The van der Waals surface area contributed by atoms with Crippen LogP contribution in [0.2, 0.25) is 0 Å². The number of hydrogen-bond donors (Lipinski definition) is 2. The first-order valence-corrected chi connectivity index (χ1v) is 9.41. The zero-order chi connectivity index (χ0) is 19.4. The summed E-state index contributed by atoms with van der Waals surface area (Å²) in [5, 5.41) is 12.3. The lowest BCUT2D eigenvalue weighted by atomic mass is 10.0. The van der Waals surface area contributed by atoms with E-state index in [0.717, 1.165) is 29.5 Å². The SMILES string of the molecule is CC1CCC(C)N1C(=O)N[C@@H](Cc1ccc(-c2ccccc2)cc1)C(=O)O. The minimum Gasteiger partial charge on any atom is -0.480 e. The van der Waals surface area contributed by atoms with Gasteiger partial charge in [-0.2, -0.15) is 0 Å². The molecule has 142 valence electrons. The summed E-state index contributed by atoms with van der Waals surface area (Å²) in [7, 11) is 0. The third kappa shape index (κ3) is 4.48. The van der Waals surface area contributed by atoms with Gasteiger partial charge in [-0.1, -0.05) is 54.6 Å². The molecule has 2 N–H and O–H groups in total. The molecule has 1 fully saturated rings. The molecule has 2 amide bonds. The number of nitrogens with zero attached hydrogens (tertiary/aromatic N) is 1. The van der Waals surface area contributed by atoms with E-state index in [0.29, 0.717) is 0 Å². The second-order valence-electron chi connectivity index (χ2n) is 7.29. The standard InChI is InChI=1S/C22H26N2O3/c1-15-8-9-16(2)24(15)22(27)23-20(21(25)26)14-17-10-12-19(13-11-17)18-6-4-3-5-7-18/h3-7,10-13,15-16,20H,8-9,14H2,1-2H3,(H,23,27)(H,25,26)/t15?,16?,20-/m0/s1. The molecule has 0 saturated carbocycles. The number of nitrogens with one attached hydrogen (secondary N) is 1. The summed E-state index contributed by atoms with van der Waals surface area (Å²) in [4.78, 5) is 26.0. The average Bonchev–Trinajstić information content (AvgIpc) is 3.00. The van der Waals surface area contributed by atoms with Crippen molar-refractivity contribution in [3.05, 3.63) is 60.2 Å². The van der Waals surface area contributed by atoms with Crippen LogP contribution in [0.25, 0.3) is 11.1 Å². The number of likely N-dealkylation sites (tertiary alicyclic amines) is 1. The van der Waals surface area contributed by atoms with Gasteiger partial charge in [-0.25, -0.2) is 9.59 Å². The molecule has 5 nitrogen and oxygen atoms in total. The number of carboxylic acids is 1. The Morgan fingerprint density at radius 1 is 1.00 bits per heavy atom. The Labute approximate surface area is 160 Å². The van der Waals surface area contributed by atoms with Crippen molar-refractivity contribution in [1.82, 2.24) is 10.2 Å². The molecule has 0 spiro atoms. The summed E-state index contributed by atoms with van der Waals surface area (Å²) in [5.41, 5.74) is 3.07. The number of hydrogen-bond acceptors (Lipinski definition) is 2. The van der Waals surface area contributed by atoms with Gasteiger partial charge < -0.3 is 15.3 Å². The maximum absolute atomic E-state index is 12.6. The van der Waals surface area contributed by atoms with Crippen molar-refractivity contribution in [2.24, 2.45) is 0 Å². The summed E-state index contributed by atoms with van der Waals surface area (Å²) in [6, 6.07) is 16.9. The van der Waals surface area contributed by atoms with Gasteiger partial charge in [0.05, 0.1) is 0 Å². The Morgan fingerprint density at radius 3 is 2.11 bits per heavy atom. The van der Waals surface area contributed by atoms with Gasteiger partial charge >= 0.3 is 12.0 Å². The fraction of sp³-hybridized carbons (Fsp3) is 0.364. The fourth-order valence-corrected chi connectivity index (χ4v) is 3.72. The van der Waals surface area contributed by atoms with Gasteiger partial charge in [0.25, 0.3) is 0 Å². The highest BCUT2D eigenvalue weighted by Crippen LogP contribution is 2.24. The predicted octanol–water partition coefficient (Wildman–Crippen LogP) is 3.93. The van der Waals surface area contributed by atoms with E-state index in [1.165, 1.54) is 0 Å². The molecule has 1 aliphatic rings. The van der Waals surface area contributed by atoms with Gasteiger partial charge in [0.2, 0.25) is 0 Å². The zero-order valence-electron chi connectivity index (χ0n) is 15.8. The van der Waals surface area contributed by atoms with E-state index >= 15 is 0 Å². The van der Waals surface area contributed by atoms with E-state index in [4.69, 9.17) is 0 Å². The van der Waals surface area contributed by atoms with Gasteiger partial charge in [0.1, 0.15) is 6.04 Å². The number of benzene rings is 2. The molecule has 27 heavy (non-hydrogen) atoms. The predicted molar refractivity (Wildman–Crippen MR) is 106 cm³/mol. The van der Waals surface area contributed by atoms with Crippen molar-refractivity contribution in [3.8, 4) is 11.1 Å². The molecule has 0 radical (unpaired) electrons. The van der Waals surface area contributed by atoms with Crippen molar-refractivity contribution < 1.29 is 14.7 Å². The summed E-state index contributed by atoms with van der Waals surface area (Å²) in [6.45, 7) is 4.00. The lowest BCUT2D eigenvalue weighted by Gasteiger charge is -2.28. The van der Waals surface area contributed by atoms with E-state index in [1.807, 2.05) is 68.4 Å². The van der Waals surface area contributed by atoms with Crippen molar-refractivity contribution in [1.29, 1.82) is 0 Å². The molecule has 2 unspecified atom stereocenters. The second-order valence-corrected chi connectivity index (χ2v) is 7.29.